The van der Waals surface area contributed by atoms with Gasteiger partial charge in [0.25, 0.3) is 5.91 Å². The van der Waals surface area contributed by atoms with E-state index in [0.717, 1.165) is 36.8 Å². The van der Waals surface area contributed by atoms with Gasteiger partial charge < -0.3 is 15.0 Å². The summed E-state index contributed by atoms with van der Waals surface area (Å²) in [5, 5.41) is 7.05. The van der Waals surface area contributed by atoms with Crippen LogP contribution in [0.25, 0.3) is 0 Å². The first-order valence-electron chi connectivity index (χ1n) is 10.7. The Morgan fingerprint density at radius 3 is 2.47 bits per heavy atom. The van der Waals surface area contributed by atoms with Crippen LogP contribution in [-0.2, 0) is 0 Å². The number of fused-ring (bicyclic) bond motifs is 1. The van der Waals surface area contributed by atoms with Gasteiger partial charge in [0.1, 0.15) is 16.6 Å². The average Bonchev–Trinajstić information content (AvgIpc) is 3.13. The van der Waals surface area contributed by atoms with E-state index in [1.54, 1.807) is 36.2 Å². The number of amides is 1. The molecular formula is C22H26ClF3N4O2. The van der Waals surface area contributed by atoms with Crippen LogP contribution in [0, 0.1) is 0 Å². The largest absolute Gasteiger partial charge is 0.497 e. The number of anilines is 1. The highest BCUT2D eigenvalue weighted by molar-refractivity contribution is 6.36. The van der Waals surface area contributed by atoms with Crippen molar-refractivity contribution >= 4 is 23.3 Å². The summed E-state index contributed by atoms with van der Waals surface area (Å²) in [6, 6.07) is 4.32. The van der Waals surface area contributed by atoms with Crippen LogP contribution in [-0.4, -0.2) is 47.0 Å². The van der Waals surface area contributed by atoms with E-state index in [9.17, 15) is 18.0 Å². The summed E-state index contributed by atoms with van der Waals surface area (Å²) in [6.07, 6.45) is 0.0993. The van der Waals surface area contributed by atoms with E-state index in [-0.39, 0.29) is 29.0 Å². The van der Waals surface area contributed by atoms with Gasteiger partial charge in [-0.05, 0) is 30.5 Å². The lowest BCUT2D eigenvalue weighted by atomic mass is 9.94. The van der Waals surface area contributed by atoms with Crippen LogP contribution in [0.2, 0.25) is 5.02 Å². The molecule has 2 heterocycles. The molecule has 1 aromatic carbocycles. The van der Waals surface area contributed by atoms with Crippen molar-refractivity contribution in [2.45, 2.75) is 62.8 Å². The van der Waals surface area contributed by atoms with Gasteiger partial charge in [-0.25, -0.2) is 4.68 Å². The average molecular weight is 471 g/mol. The maximum Gasteiger partial charge on any atom is 0.410 e. The first-order chi connectivity index (χ1) is 15.2. The van der Waals surface area contributed by atoms with Crippen molar-refractivity contribution < 1.29 is 22.7 Å². The summed E-state index contributed by atoms with van der Waals surface area (Å²) in [4.78, 5) is 14.7. The Morgan fingerprint density at radius 1 is 1.22 bits per heavy atom. The molecular weight excluding hydrogens is 445 g/mol. The Hall–Kier alpha value is -2.42. The van der Waals surface area contributed by atoms with Crippen LogP contribution in [0.3, 0.4) is 0 Å². The van der Waals surface area contributed by atoms with Crippen LogP contribution in [0.4, 0.5) is 19.0 Å². The van der Waals surface area contributed by atoms with Crippen LogP contribution in [0.5, 0.6) is 5.75 Å². The zero-order valence-electron chi connectivity index (χ0n) is 18.0. The zero-order chi connectivity index (χ0) is 23.0. The van der Waals surface area contributed by atoms with Crippen molar-refractivity contribution in [3.05, 3.63) is 40.5 Å². The van der Waals surface area contributed by atoms with Crippen LogP contribution in [0.1, 0.15) is 66.7 Å². The summed E-state index contributed by atoms with van der Waals surface area (Å²) >= 11 is 6.46. The SMILES string of the molecule is COc1ccc([C@H]2C[C@@H](C(F)(F)F)n3nc(C(=O)N(C)C4CCCCC4)c(Cl)c3N2)cc1. The number of nitrogens with one attached hydrogen (secondary N) is 1. The maximum absolute atomic E-state index is 14.0. The Morgan fingerprint density at radius 2 is 1.88 bits per heavy atom. The van der Waals surface area contributed by atoms with Crippen LogP contribution >= 0.6 is 11.6 Å². The number of aromatic nitrogens is 2. The zero-order valence-corrected chi connectivity index (χ0v) is 18.7. The van der Waals surface area contributed by atoms with E-state index in [1.807, 2.05) is 0 Å². The maximum atomic E-state index is 14.0. The standard InChI is InChI=1S/C22H26ClF3N4O2/c1-29(14-6-4-3-5-7-14)21(31)19-18(23)20-27-16(13-8-10-15(32-2)11-9-13)12-17(22(24,25)26)30(20)28-19/h8-11,14,16-17,27H,3-7,12H2,1-2H3/t16-,17+/m1/s1. The number of hydrogen-bond acceptors (Lipinski definition) is 4. The first-order valence-corrected chi connectivity index (χ1v) is 11.1. The van der Waals surface area contributed by atoms with Gasteiger partial charge in [-0.15, -0.1) is 0 Å². The highest BCUT2D eigenvalue weighted by Gasteiger charge is 2.48. The van der Waals surface area contributed by atoms with E-state index in [4.69, 9.17) is 16.3 Å². The summed E-state index contributed by atoms with van der Waals surface area (Å²) in [5.74, 6) is 0.174. The number of alkyl halides is 3. The number of ether oxygens (including phenoxy) is 1. The molecule has 32 heavy (non-hydrogen) atoms. The number of benzene rings is 1. The third-order valence-electron chi connectivity index (χ3n) is 6.46. The van der Waals surface area contributed by atoms with Crippen LogP contribution in [0.15, 0.2) is 24.3 Å². The third-order valence-corrected chi connectivity index (χ3v) is 6.82. The Balaban J connectivity index is 1.67. The van der Waals surface area contributed by atoms with Gasteiger partial charge in [0.15, 0.2) is 11.7 Å². The van der Waals surface area contributed by atoms with Gasteiger partial charge in [0, 0.05) is 19.5 Å². The number of nitrogens with zero attached hydrogens (tertiary/aromatic N) is 3. The van der Waals surface area contributed by atoms with Gasteiger partial charge >= 0.3 is 6.18 Å². The fraction of sp³-hybridized carbons (Fsp3) is 0.545. The normalized spacial score (nSPS) is 21.6. The molecule has 6 nitrogen and oxygen atoms in total. The van der Waals surface area contributed by atoms with Crippen molar-refractivity contribution in [2.75, 3.05) is 19.5 Å². The second-order valence-electron chi connectivity index (χ2n) is 8.43. The van der Waals surface area contributed by atoms with E-state index >= 15 is 0 Å². The second kappa shape index (κ2) is 8.84. The minimum absolute atomic E-state index is 0.0152. The molecule has 1 N–H and O–H groups in total. The molecule has 2 aromatic rings. The molecule has 1 saturated carbocycles. The molecule has 0 spiro atoms. The van der Waals surface area contributed by atoms with Crippen molar-refractivity contribution in [3.8, 4) is 5.75 Å². The van der Waals surface area contributed by atoms with Gasteiger partial charge in [0.2, 0.25) is 0 Å². The van der Waals surface area contributed by atoms with Gasteiger partial charge in [-0.2, -0.15) is 18.3 Å². The van der Waals surface area contributed by atoms with Gasteiger partial charge in [-0.3, -0.25) is 4.79 Å². The molecule has 1 amide bonds. The van der Waals surface area contributed by atoms with E-state index < -0.39 is 24.2 Å². The molecule has 0 bridgehead atoms. The molecule has 10 heteroatoms. The molecule has 2 atom stereocenters. The molecule has 1 aliphatic carbocycles. The molecule has 1 aromatic heterocycles. The molecule has 0 radical (unpaired) electrons. The Kier molecular flexibility index (Phi) is 6.29. The van der Waals surface area contributed by atoms with Crippen molar-refractivity contribution in [2.24, 2.45) is 0 Å². The van der Waals surface area contributed by atoms with Crippen LogP contribution < -0.4 is 10.1 Å². The minimum Gasteiger partial charge on any atom is -0.497 e. The van der Waals surface area contributed by atoms with Gasteiger partial charge in [0.05, 0.1) is 13.2 Å². The number of carbonyl (C=O) groups excluding carboxylic acids is 1. The predicted octanol–water partition coefficient (Wildman–Crippen LogP) is 5.61. The molecule has 0 saturated heterocycles. The Labute approximate surface area is 189 Å². The second-order valence-corrected chi connectivity index (χ2v) is 8.80. The lowest BCUT2D eigenvalue weighted by Crippen LogP contribution is -2.39. The molecule has 0 unspecified atom stereocenters. The molecule has 1 fully saturated rings. The fourth-order valence-electron chi connectivity index (χ4n) is 4.58. The lowest BCUT2D eigenvalue weighted by molar-refractivity contribution is -0.173. The number of halogens is 4. The predicted molar refractivity (Wildman–Crippen MR) is 115 cm³/mol. The summed E-state index contributed by atoms with van der Waals surface area (Å²) in [5.41, 5.74) is 0.516. The summed E-state index contributed by atoms with van der Waals surface area (Å²) < 4.78 is 47.9. The highest BCUT2D eigenvalue weighted by Crippen LogP contribution is 2.46. The quantitative estimate of drug-likeness (QED) is 0.631. The number of methoxy groups -OCH3 is 1. The fourth-order valence-corrected chi connectivity index (χ4v) is 4.84. The molecule has 2 aliphatic rings. The van der Waals surface area contributed by atoms with E-state index in [1.165, 1.54) is 7.11 Å². The topological polar surface area (TPSA) is 59.4 Å². The summed E-state index contributed by atoms with van der Waals surface area (Å²) in [7, 11) is 3.19. The van der Waals surface area contributed by atoms with Crippen molar-refractivity contribution in [3.63, 3.8) is 0 Å². The smallest absolute Gasteiger partial charge is 0.410 e. The van der Waals surface area contributed by atoms with E-state index in [2.05, 4.69) is 10.4 Å². The monoisotopic (exact) mass is 470 g/mol. The summed E-state index contributed by atoms with van der Waals surface area (Å²) in [6.45, 7) is 0. The molecule has 1 aliphatic heterocycles. The number of hydrogen-bond donors (Lipinski definition) is 1. The number of carbonyl (C=O) groups is 1. The first kappa shape index (κ1) is 22.8. The van der Waals surface area contributed by atoms with Crippen molar-refractivity contribution in [1.82, 2.24) is 14.7 Å². The van der Waals surface area contributed by atoms with Gasteiger partial charge in [-0.1, -0.05) is 43.0 Å². The minimum atomic E-state index is -4.55. The highest BCUT2D eigenvalue weighted by atomic mass is 35.5. The lowest BCUT2D eigenvalue weighted by Gasteiger charge is -2.33. The Bertz CT molecular complexity index is 971. The number of rotatable bonds is 4. The van der Waals surface area contributed by atoms with E-state index in [0.29, 0.717) is 11.3 Å². The molecule has 174 valence electrons. The third kappa shape index (κ3) is 4.27. The van der Waals surface area contributed by atoms with Crippen molar-refractivity contribution in [1.29, 1.82) is 0 Å². The molecule has 4 rings (SSSR count).